The van der Waals surface area contributed by atoms with Gasteiger partial charge >= 0.3 is 0 Å². The average Bonchev–Trinajstić information content (AvgIpc) is 1.99. The second-order valence-electron chi connectivity index (χ2n) is 2.29. The van der Waals surface area contributed by atoms with Gasteiger partial charge in [0.15, 0.2) is 5.16 Å². The van der Waals surface area contributed by atoms with Crippen LogP contribution in [0.4, 0.5) is 5.69 Å². The first kappa shape index (κ1) is 8.33. The quantitative estimate of drug-likeness (QED) is 0.510. The zero-order valence-corrected chi connectivity index (χ0v) is 7.70. The van der Waals surface area contributed by atoms with E-state index >= 15 is 0 Å². The number of hydrogen-bond acceptors (Lipinski definition) is 4. The van der Waals surface area contributed by atoms with Crippen molar-refractivity contribution >= 4 is 17.4 Å². The van der Waals surface area contributed by atoms with E-state index in [-0.39, 0.29) is 0 Å². The molecule has 4 heteroatoms. The highest BCUT2D eigenvalue weighted by molar-refractivity contribution is 7.98. The Morgan fingerprint density at radius 2 is 1.64 bits per heavy atom. The van der Waals surface area contributed by atoms with E-state index in [1.54, 1.807) is 0 Å². The van der Waals surface area contributed by atoms with Crippen molar-refractivity contribution in [2.45, 2.75) is 19.0 Å². The number of nitrogens with zero attached hydrogens (tertiary/aromatic N) is 2. The lowest BCUT2D eigenvalue weighted by molar-refractivity contribution is 0.911. The van der Waals surface area contributed by atoms with Crippen LogP contribution in [0.15, 0.2) is 5.16 Å². The van der Waals surface area contributed by atoms with E-state index in [4.69, 9.17) is 5.73 Å². The Kier molecular flexibility index (Phi) is 2.34. The van der Waals surface area contributed by atoms with Crippen LogP contribution in [-0.2, 0) is 0 Å². The van der Waals surface area contributed by atoms with Crippen molar-refractivity contribution in [3.05, 3.63) is 11.4 Å². The molecule has 1 heterocycles. The molecule has 0 unspecified atom stereocenters. The van der Waals surface area contributed by atoms with Gasteiger partial charge < -0.3 is 5.73 Å². The molecular formula is C7H11N3S. The molecule has 0 atom stereocenters. The van der Waals surface area contributed by atoms with Gasteiger partial charge in [-0.3, -0.25) is 0 Å². The Bertz CT molecular complexity index is 249. The molecule has 0 aliphatic carbocycles. The van der Waals surface area contributed by atoms with Crippen LogP contribution in [0, 0.1) is 13.8 Å². The van der Waals surface area contributed by atoms with Crippen LogP contribution >= 0.6 is 11.8 Å². The van der Waals surface area contributed by atoms with Gasteiger partial charge in [0.2, 0.25) is 0 Å². The molecule has 1 rings (SSSR count). The van der Waals surface area contributed by atoms with Gasteiger partial charge in [-0.05, 0) is 20.1 Å². The second kappa shape index (κ2) is 3.09. The van der Waals surface area contributed by atoms with Gasteiger partial charge in [-0.1, -0.05) is 11.8 Å². The fourth-order valence-corrected chi connectivity index (χ4v) is 1.24. The first-order chi connectivity index (χ1) is 5.15. The number of nitrogens with two attached hydrogens (primary N) is 1. The summed E-state index contributed by atoms with van der Waals surface area (Å²) in [5.41, 5.74) is 8.09. The van der Waals surface area contributed by atoms with E-state index in [2.05, 4.69) is 9.97 Å². The van der Waals surface area contributed by atoms with Crippen molar-refractivity contribution in [2.24, 2.45) is 0 Å². The maximum atomic E-state index is 5.67. The van der Waals surface area contributed by atoms with Gasteiger partial charge in [-0.2, -0.15) is 0 Å². The molecule has 0 fully saturated rings. The molecule has 0 aliphatic heterocycles. The summed E-state index contributed by atoms with van der Waals surface area (Å²) in [6.45, 7) is 3.79. The van der Waals surface area contributed by atoms with Crippen molar-refractivity contribution in [1.82, 2.24) is 9.97 Å². The molecule has 0 radical (unpaired) electrons. The van der Waals surface area contributed by atoms with Crippen molar-refractivity contribution < 1.29 is 0 Å². The number of rotatable bonds is 1. The number of nitrogen functional groups attached to an aromatic ring is 1. The zero-order valence-electron chi connectivity index (χ0n) is 6.88. The normalized spacial score (nSPS) is 10.1. The van der Waals surface area contributed by atoms with Crippen LogP contribution in [0.1, 0.15) is 11.4 Å². The van der Waals surface area contributed by atoms with Gasteiger partial charge in [0.1, 0.15) is 0 Å². The molecule has 0 saturated heterocycles. The van der Waals surface area contributed by atoms with E-state index in [9.17, 15) is 0 Å². The van der Waals surface area contributed by atoms with E-state index in [0.29, 0.717) is 5.69 Å². The number of aromatic nitrogens is 2. The number of hydrogen-bond donors (Lipinski definition) is 1. The summed E-state index contributed by atoms with van der Waals surface area (Å²) >= 11 is 1.53. The molecule has 11 heavy (non-hydrogen) atoms. The average molecular weight is 169 g/mol. The Balaban J connectivity index is 3.21. The second-order valence-corrected chi connectivity index (χ2v) is 3.07. The van der Waals surface area contributed by atoms with Crippen molar-refractivity contribution in [1.29, 1.82) is 0 Å². The topological polar surface area (TPSA) is 51.8 Å². The predicted octanol–water partition coefficient (Wildman–Crippen LogP) is 1.40. The van der Waals surface area contributed by atoms with Crippen LogP contribution < -0.4 is 5.73 Å². The third-order valence-electron chi connectivity index (χ3n) is 1.49. The highest BCUT2D eigenvalue weighted by Crippen LogP contribution is 2.16. The number of aryl methyl sites for hydroxylation is 2. The molecule has 0 aliphatic rings. The lowest BCUT2D eigenvalue weighted by Crippen LogP contribution is -2.00. The van der Waals surface area contributed by atoms with Crippen molar-refractivity contribution in [3.8, 4) is 0 Å². The third-order valence-corrected chi connectivity index (χ3v) is 2.04. The molecule has 1 aromatic rings. The van der Waals surface area contributed by atoms with Gasteiger partial charge in [0, 0.05) is 0 Å². The molecule has 3 nitrogen and oxygen atoms in total. The zero-order chi connectivity index (χ0) is 8.43. The highest BCUT2D eigenvalue weighted by atomic mass is 32.2. The fraction of sp³-hybridized carbons (Fsp3) is 0.429. The van der Waals surface area contributed by atoms with E-state index in [1.165, 1.54) is 11.8 Å². The van der Waals surface area contributed by atoms with Crippen molar-refractivity contribution in [2.75, 3.05) is 12.0 Å². The standard InChI is InChI=1S/C7H11N3S/c1-4-6(8)5(2)10-7(9-4)11-3/h8H2,1-3H3. The van der Waals surface area contributed by atoms with Crippen molar-refractivity contribution in [3.63, 3.8) is 0 Å². The molecule has 0 saturated carbocycles. The summed E-state index contributed by atoms with van der Waals surface area (Å²) in [4.78, 5) is 8.36. The van der Waals surface area contributed by atoms with Crippen LogP contribution in [-0.4, -0.2) is 16.2 Å². The highest BCUT2D eigenvalue weighted by Gasteiger charge is 2.02. The van der Waals surface area contributed by atoms with Crippen LogP contribution in [0.3, 0.4) is 0 Å². The smallest absolute Gasteiger partial charge is 0.187 e. The Hall–Kier alpha value is -0.770. The summed E-state index contributed by atoms with van der Waals surface area (Å²) < 4.78 is 0. The maximum absolute atomic E-state index is 5.67. The largest absolute Gasteiger partial charge is 0.396 e. The number of anilines is 1. The molecule has 0 bridgehead atoms. The van der Waals surface area contributed by atoms with Gasteiger partial charge in [0.25, 0.3) is 0 Å². The Morgan fingerprint density at radius 1 is 1.18 bits per heavy atom. The van der Waals surface area contributed by atoms with E-state index in [0.717, 1.165) is 16.5 Å². The molecule has 1 aromatic heterocycles. The first-order valence-corrected chi connectivity index (χ1v) is 4.52. The van der Waals surface area contributed by atoms with Gasteiger partial charge in [0.05, 0.1) is 17.1 Å². The van der Waals surface area contributed by atoms with Gasteiger partial charge in [-0.15, -0.1) is 0 Å². The summed E-state index contributed by atoms with van der Waals surface area (Å²) in [6.07, 6.45) is 1.95. The Labute approximate surface area is 70.4 Å². The minimum atomic E-state index is 0.697. The van der Waals surface area contributed by atoms with Gasteiger partial charge in [-0.25, -0.2) is 9.97 Å². The minimum absolute atomic E-state index is 0.697. The molecule has 60 valence electrons. The summed E-state index contributed by atoms with van der Waals surface area (Å²) in [6, 6.07) is 0. The maximum Gasteiger partial charge on any atom is 0.187 e. The monoisotopic (exact) mass is 169 g/mol. The molecule has 0 aromatic carbocycles. The molecule has 0 amide bonds. The number of thioether (sulfide) groups is 1. The lowest BCUT2D eigenvalue weighted by Gasteiger charge is -2.03. The van der Waals surface area contributed by atoms with E-state index in [1.807, 2.05) is 20.1 Å². The van der Waals surface area contributed by atoms with Crippen LogP contribution in [0.25, 0.3) is 0 Å². The summed E-state index contributed by atoms with van der Waals surface area (Å²) in [7, 11) is 0. The fourth-order valence-electron chi connectivity index (χ4n) is 0.785. The molecular weight excluding hydrogens is 158 g/mol. The molecule has 2 N–H and O–H groups in total. The first-order valence-electron chi connectivity index (χ1n) is 3.30. The lowest BCUT2D eigenvalue weighted by atomic mass is 10.3. The van der Waals surface area contributed by atoms with Crippen LogP contribution in [0.2, 0.25) is 0 Å². The SMILES string of the molecule is CSc1nc(C)c(N)c(C)n1. The van der Waals surface area contributed by atoms with E-state index < -0.39 is 0 Å². The minimum Gasteiger partial charge on any atom is -0.396 e. The summed E-state index contributed by atoms with van der Waals surface area (Å²) in [5, 5.41) is 0.786. The Morgan fingerprint density at radius 3 is 2.00 bits per heavy atom. The van der Waals surface area contributed by atoms with Crippen LogP contribution in [0.5, 0.6) is 0 Å². The molecule has 0 spiro atoms. The third kappa shape index (κ3) is 1.63. The summed E-state index contributed by atoms with van der Waals surface area (Å²) in [5.74, 6) is 0. The predicted molar refractivity (Wildman–Crippen MR) is 47.7 cm³/mol.